The molecule has 0 fully saturated rings. The summed E-state index contributed by atoms with van der Waals surface area (Å²) in [4.78, 5) is 25.6. The van der Waals surface area contributed by atoms with Gasteiger partial charge in [0, 0.05) is 10.6 Å². The quantitative estimate of drug-likeness (QED) is 0.551. The van der Waals surface area contributed by atoms with E-state index in [1.807, 2.05) is 0 Å². The van der Waals surface area contributed by atoms with Gasteiger partial charge in [0.05, 0.1) is 18.1 Å². The summed E-state index contributed by atoms with van der Waals surface area (Å²) < 4.78 is 24.3. The molecule has 0 saturated heterocycles. The maximum atomic E-state index is 13.4. The van der Waals surface area contributed by atoms with Crippen LogP contribution in [0.2, 0.25) is 5.02 Å². The normalized spacial score (nSPS) is 19.0. The number of halogens is 2. The van der Waals surface area contributed by atoms with Crippen molar-refractivity contribution in [3.05, 3.63) is 81.8 Å². The smallest absolute Gasteiger partial charge is 0.338 e. The van der Waals surface area contributed by atoms with Gasteiger partial charge < -0.3 is 9.47 Å². The lowest BCUT2D eigenvalue weighted by Gasteiger charge is -2.20. The molecule has 2 atom stereocenters. The zero-order valence-corrected chi connectivity index (χ0v) is 15.6. The first kappa shape index (κ1) is 19.1. The van der Waals surface area contributed by atoms with Crippen LogP contribution in [-0.2, 0) is 14.3 Å². The molecule has 140 valence electrons. The van der Waals surface area contributed by atoms with E-state index in [2.05, 4.69) is 0 Å². The number of hydrogen-bond acceptors (Lipinski definition) is 4. The molecule has 27 heavy (non-hydrogen) atoms. The monoisotopic (exact) mass is 388 g/mol. The van der Waals surface area contributed by atoms with Gasteiger partial charge in [0.15, 0.2) is 6.10 Å². The summed E-state index contributed by atoms with van der Waals surface area (Å²) in [5.41, 5.74) is 1.29. The van der Waals surface area contributed by atoms with Crippen LogP contribution < -0.4 is 0 Å². The number of carbonyl (C=O) groups is 2. The Kier molecular flexibility index (Phi) is 5.61. The number of allylic oxidation sites excluding steroid dienone is 1. The molecule has 0 unspecified atom stereocenters. The van der Waals surface area contributed by atoms with E-state index < -0.39 is 23.8 Å². The molecule has 2 aromatic rings. The third-order valence-electron chi connectivity index (χ3n) is 4.41. The largest absolute Gasteiger partial charge is 0.485 e. The zero-order chi connectivity index (χ0) is 19.6. The fraction of sp³-hybridized carbons (Fsp3) is 0.238. The van der Waals surface area contributed by atoms with Crippen molar-refractivity contribution in [1.82, 2.24) is 0 Å². The van der Waals surface area contributed by atoms with E-state index in [1.54, 1.807) is 50.2 Å². The van der Waals surface area contributed by atoms with Gasteiger partial charge in [-0.05, 0) is 55.8 Å². The van der Waals surface area contributed by atoms with Crippen LogP contribution in [0.1, 0.15) is 35.7 Å². The minimum absolute atomic E-state index is 0.196. The third kappa shape index (κ3) is 3.88. The lowest BCUT2D eigenvalue weighted by atomic mass is 9.84. The third-order valence-corrected chi connectivity index (χ3v) is 4.66. The second kappa shape index (κ2) is 7.92. The molecule has 1 aliphatic heterocycles. The van der Waals surface area contributed by atoms with E-state index in [9.17, 15) is 14.0 Å². The highest BCUT2D eigenvalue weighted by atomic mass is 35.5. The number of carbonyl (C=O) groups excluding carboxylic acids is 2. The molecule has 1 heterocycles. The van der Waals surface area contributed by atoms with Gasteiger partial charge in [-0.25, -0.2) is 9.18 Å². The van der Waals surface area contributed by atoms with E-state index >= 15 is 0 Å². The van der Waals surface area contributed by atoms with Crippen molar-refractivity contribution < 1.29 is 23.5 Å². The maximum absolute atomic E-state index is 13.4. The Morgan fingerprint density at radius 3 is 2.33 bits per heavy atom. The molecule has 4 nitrogen and oxygen atoms in total. The Morgan fingerprint density at radius 2 is 1.74 bits per heavy atom. The SMILES string of the molecule is CCOC(=O)C1=C(C)O[C@@H](C(=O)c2ccc(Cl)cc2)[C@@H]1c1ccc(F)cc1. The molecule has 0 saturated carbocycles. The van der Waals surface area contributed by atoms with Crippen LogP contribution in [0.4, 0.5) is 4.39 Å². The van der Waals surface area contributed by atoms with Crippen molar-refractivity contribution >= 4 is 23.4 Å². The van der Waals surface area contributed by atoms with Crippen LogP contribution >= 0.6 is 11.6 Å². The molecule has 0 aromatic heterocycles. The van der Waals surface area contributed by atoms with Gasteiger partial charge in [-0.3, -0.25) is 4.79 Å². The summed E-state index contributed by atoms with van der Waals surface area (Å²) in [5.74, 6) is -1.60. The topological polar surface area (TPSA) is 52.6 Å². The Bertz CT molecular complexity index is 887. The highest BCUT2D eigenvalue weighted by Gasteiger charge is 2.44. The number of ether oxygens (including phenoxy) is 2. The summed E-state index contributed by atoms with van der Waals surface area (Å²) in [5, 5.41) is 0.510. The first-order valence-electron chi connectivity index (χ1n) is 8.52. The van der Waals surface area contributed by atoms with Gasteiger partial charge in [0.25, 0.3) is 0 Å². The van der Waals surface area contributed by atoms with Gasteiger partial charge in [-0.1, -0.05) is 23.7 Å². The van der Waals surface area contributed by atoms with E-state index in [-0.39, 0.29) is 18.0 Å². The molecule has 2 aromatic carbocycles. The van der Waals surface area contributed by atoms with E-state index in [4.69, 9.17) is 21.1 Å². The van der Waals surface area contributed by atoms with Crippen molar-refractivity contribution in [3.8, 4) is 0 Å². The van der Waals surface area contributed by atoms with Crippen molar-refractivity contribution in [2.24, 2.45) is 0 Å². The number of rotatable bonds is 5. The second-order valence-corrected chi connectivity index (χ2v) is 6.57. The molecule has 0 aliphatic carbocycles. The lowest BCUT2D eigenvalue weighted by Crippen LogP contribution is -2.29. The summed E-state index contributed by atoms with van der Waals surface area (Å²) in [6.07, 6.45) is -0.948. The van der Waals surface area contributed by atoms with Crippen molar-refractivity contribution in [2.75, 3.05) is 6.61 Å². The summed E-state index contributed by atoms with van der Waals surface area (Å²) >= 11 is 5.89. The van der Waals surface area contributed by atoms with Crippen LogP contribution in [0.15, 0.2) is 59.9 Å². The average Bonchev–Trinajstić information content (AvgIpc) is 3.00. The number of hydrogen-bond donors (Lipinski definition) is 0. The van der Waals surface area contributed by atoms with Crippen LogP contribution in [0.5, 0.6) is 0 Å². The standard InChI is InChI=1S/C21H18ClFO4/c1-3-26-21(25)17-12(2)27-20(18(17)13-6-10-16(23)11-7-13)19(24)14-4-8-15(22)9-5-14/h4-11,18,20H,3H2,1-2H3/t18-,20-/m1/s1. The number of esters is 1. The average molecular weight is 389 g/mol. The zero-order valence-electron chi connectivity index (χ0n) is 14.9. The highest BCUT2D eigenvalue weighted by Crippen LogP contribution is 2.41. The fourth-order valence-corrected chi connectivity index (χ4v) is 3.29. The van der Waals surface area contributed by atoms with Gasteiger partial charge in [0.1, 0.15) is 11.6 Å². The van der Waals surface area contributed by atoms with Crippen molar-refractivity contribution in [3.63, 3.8) is 0 Å². The molecule has 0 amide bonds. The Labute approximate surface area is 161 Å². The van der Waals surface area contributed by atoms with Gasteiger partial charge >= 0.3 is 5.97 Å². The molecule has 0 N–H and O–H groups in total. The summed E-state index contributed by atoms with van der Waals surface area (Å²) in [7, 11) is 0. The number of benzene rings is 2. The van der Waals surface area contributed by atoms with Gasteiger partial charge in [0.2, 0.25) is 5.78 Å². The van der Waals surface area contributed by atoms with Crippen molar-refractivity contribution in [1.29, 1.82) is 0 Å². The minimum Gasteiger partial charge on any atom is -0.485 e. The minimum atomic E-state index is -0.948. The molecule has 3 rings (SSSR count). The predicted octanol–water partition coefficient (Wildman–Crippen LogP) is 4.68. The van der Waals surface area contributed by atoms with Crippen LogP contribution in [0.25, 0.3) is 0 Å². The molecular weight excluding hydrogens is 371 g/mol. The Hall–Kier alpha value is -2.66. The van der Waals surface area contributed by atoms with Crippen LogP contribution in [0.3, 0.4) is 0 Å². The predicted molar refractivity (Wildman–Crippen MR) is 99.1 cm³/mol. The van der Waals surface area contributed by atoms with E-state index in [0.29, 0.717) is 21.9 Å². The molecular formula is C21H18ClFO4. The van der Waals surface area contributed by atoms with Gasteiger partial charge in [-0.2, -0.15) is 0 Å². The highest BCUT2D eigenvalue weighted by molar-refractivity contribution is 6.30. The fourth-order valence-electron chi connectivity index (χ4n) is 3.17. The molecule has 0 spiro atoms. The van der Waals surface area contributed by atoms with Crippen molar-refractivity contribution in [2.45, 2.75) is 25.9 Å². The molecule has 6 heteroatoms. The summed E-state index contributed by atoms with van der Waals surface area (Å²) in [6.45, 7) is 3.52. The number of Topliss-reactive ketones (excluding diaryl/α,β-unsaturated/α-hetero) is 1. The van der Waals surface area contributed by atoms with Crippen LogP contribution in [0, 0.1) is 5.82 Å². The Balaban J connectivity index is 2.02. The first-order valence-corrected chi connectivity index (χ1v) is 8.90. The molecule has 0 radical (unpaired) electrons. The van der Waals surface area contributed by atoms with Crippen LogP contribution in [-0.4, -0.2) is 24.5 Å². The van der Waals surface area contributed by atoms with E-state index in [1.165, 1.54) is 12.1 Å². The Morgan fingerprint density at radius 1 is 1.11 bits per heavy atom. The first-order chi connectivity index (χ1) is 12.9. The second-order valence-electron chi connectivity index (χ2n) is 6.13. The number of ketones is 1. The maximum Gasteiger partial charge on any atom is 0.338 e. The molecule has 0 bridgehead atoms. The molecule has 1 aliphatic rings. The van der Waals surface area contributed by atoms with Gasteiger partial charge in [-0.15, -0.1) is 0 Å². The van der Waals surface area contributed by atoms with E-state index in [0.717, 1.165) is 0 Å². The summed E-state index contributed by atoms with van der Waals surface area (Å²) in [6, 6.07) is 12.1. The lowest BCUT2D eigenvalue weighted by molar-refractivity contribution is -0.138.